The van der Waals surface area contributed by atoms with Gasteiger partial charge in [-0.15, -0.1) is 0 Å². The van der Waals surface area contributed by atoms with Gasteiger partial charge >= 0.3 is 0 Å². The molecule has 0 radical (unpaired) electrons. The zero-order valence-corrected chi connectivity index (χ0v) is 18.7. The lowest BCUT2D eigenvalue weighted by Gasteiger charge is -2.32. The predicted octanol–water partition coefficient (Wildman–Crippen LogP) is 5.44. The Balaban J connectivity index is 1.33. The van der Waals surface area contributed by atoms with E-state index in [1.54, 1.807) is 36.4 Å². The molecule has 1 fully saturated rings. The Morgan fingerprint density at radius 1 is 1.18 bits per heavy atom. The Bertz CT molecular complexity index is 1280. The van der Waals surface area contributed by atoms with E-state index in [4.69, 9.17) is 13.7 Å². The first-order chi connectivity index (χ1) is 16.6. The van der Waals surface area contributed by atoms with Crippen LogP contribution in [0.15, 0.2) is 69.7 Å². The molecule has 0 N–H and O–H groups in total. The first kappa shape index (κ1) is 21.9. The van der Waals surface area contributed by atoms with Crippen LogP contribution in [0, 0.1) is 5.82 Å². The van der Waals surface area contributed by atoms with Gasteiger partial charge in [0.15, 0.2) is 0 Å². The number of piperidine rings is 1. The number of rotatable bonds is 6. The van der Waals surface area contributed by atoms with E-state index in [-0.39, 0.29) is 23.5 Å². The van der Waals surface area contributed by atoms with Gasteiger partial charge in [-0.2, -0.15) is 0 Å². The SMILES string of the molecule is COc1cccc(Cc2cnc(C3CCCCN3C(=O)c3cc(-c4ccc(F)cc4)no3)o2)c1. The largest absolute Gasteiger partial charge is 0.497 e. The van der Waals surface area contributed by atoms with Crippen molar-refractivity contribution in [2.75, 3.05) is 13.7 Å². The van der Waals surface area contributed by atoms with Crippen molar-refractivity contribution in [2.45, 2.75) is 31.7 Å². The van der Waals surface area contributed by atoms with Crippen molar-refractivity contribution >= 4 is 5.91 Å². The van der Waals surface area contributed by atoms with E-state index in [2.05, 4.69) is 10.1 Å². The minimum Gasteiger partial charge on any atom is -0.497 e. The quantitative estimate of drug-likeness (QED) is 0.381. The number of carbonyl (C=O) groups excluding carboxylic acids is 1. The van der Waals surface area contributed by atoms with Crippen molar-refractivity contribution in [1.29, 1.82) is 0 Å². The van der Waals surface area contributed by atoms with E-state index in [1.807, 2.05) is 24.3 Å². The highest BCUT2D eigenvalue weighted by molar-refractivity contribution is 5.92. The minimum absolute atomic E-state index is 0.134. The van der Waals surface area contributed by atoms with Crippen LogP contribution in [0.25, 0.3) is 11.3 Å². The minimum atomic E-state index is -0.337. The van der Waals surface area contributed by atoms with E-state index < -0.39 is 0 Å². The summed E-state index contributed by atoms with van der Waals surface area (Å²) in [7, 11) is 1.64. The van der Waals surface area contributed by atoms with Crippen molar-refractivity contribution in [2.24, 2.45) is 0 Å². The van der Waals surface area contributed by atoms with Crippen LogP contribution in [-0.4, -0.2) is 34.6 Å². The van der Waals surface area contributed by atoms with Gasteiger partial charge in [0.2, 0.25) is 11.7 Å². The molecule has 174 valence electrons. The molecule has 0 bridgehead atoms. The van der Waals surface area contributed by atoms with Gasteiger partial charge in [0.05, 0.1) is 13.3 Å². The summed E-state index contributed by atoms with van der Waals surface area (Å²) in [6.07, 6.45) is 4.91. The monoisotopic (exact) mass is 461 g/mol. The summed E-state index contributed by atoms with van der Waals surface area (Å²) in [5.41, 5.74) is 2.21. The number of methoxy groups -OCH3 is 1. The second kappa shape index (κ2) is 9.51. The summed E-state index contributed by atoms with van der Waals surface area (Å²) in [6.45, 7) is 0.573. The Kier molecular flexibility index (Phi) is 6.12. The molecular formula is C26H24FN3O4. The first-order valence-electron chi connectivity index (χ1n) is 11.2. The van der Waals surface area contributed by atoms with Gasteiger partial charge in [-0.05, 0) is 61.2 Å². The molecule has 0 aliphatic carbocycles. The van der Waals surface area contributed by atoms with Crippen molar-refractivity contribution in [3.05, 3.63) is 89.6 Å². The third-order valence-corrected chi connectivity index (χ3v) is 5.99. The summed E-state index contributed by atoms with van der Waals surface area (Å²) in [5.74, 6) is 1.56. The predicted molar refractivity (Wildman–Crippen MR) is 122 cm³/mol. The van der Waals surface area contributed by atoms with E-state index in [1.165, 1.54) is 12.1 Å². The number of benzene rings is 2. The first-order valence-corrected chi connectivity index (χ1v) is 11.2. The van der Waals surface area contributed by atoms with E-state index in [9.17, 15) is 9.18 Å². The lowest BCUT2D eigenvalue weighted by atomic mass is 10.0. The molecule has 2 aromatic carbocycles. The number of aromatic nitrogens is 2. The summed E-state index contributed by atoms with van der Waals surface area (Å²) >= 11 is 0. The van der Waals surface area contributed by atoms with Gasteiger partial charge < -0.3 is 18.6 Å². The molecule has 4 aromatic rings. The second-order valence-electron chi connectivity index (χ2n) is 8.29. The average Bonchev–Trinajstić information content (AvgIpc) is 3.54. The van der Waals surface area contributed by atoms with Gasteiger partial charge in [-0.1, -0.05) is 17.3 Å². The highest BCUT2D eigenvalue weighted by Crippen LogP contribution is 2.33. The summed E-state index contributed by atoms with van der Waals surface area (Å²) in [6, 6.07) is 15.0. The smallest absolute Gasteiger partial charge is 0.293 e. The van der Waals surface area contributed by atoms with Crippen LogP contribution in [0.4, 0.5) is 4.39 Å². The molecule has 1 amide bonds. The molecule has 2 aromatic heterocycles. The van der Waals surface area contributed by atoms with Crippen LogP contribution >= 0.6 is 0 Å². The highest BCUT2D eigenvalue weighted by Gasteiger charge is 2.33. The Morgan fingerprint density at radius 3 is 2.85 bits per heavy atom. The molecule has 1 saturated heterocycles. The number of hydrogen-bond donors (Lipinski definition) is 0. The Morgan fingerprint density at radius 2 is 2.03 bits per heavy atom. The fraction of sp³-hybridized carbons (Fsp3) is 0.269. The maximum atomic E-state index is 13.3. The molecule has 0 saturated carbocycles. The average molecular weight is 461 g/mol. The van der Waals surface area contributed by atoms with Crippen molar-refractivity contribution in [3.8, 4) is 17.0 Å². The molecule has 1 atom stereocenters. The fourth-order valence-electron chi connectivity index (χ4n) is 4.25. The van der Waals surface area contributed by atoms with Crippen LogP contribution in [0.1, 0.15) is 53.1 Å². The number of amides is 1. The van der Waals surface area contributed by atoms with E-state index >= 15 is 0 Å². The third kappa shape index (κ3) is 4.57. The number of nitrogens with zero attached hydrogens (tertiary/aromatic N) is 3. The Labute approximate surface area is 196 Å². The molecule has 1 aliphatic heterocycles. The topological polar surface area (TPSA) is 81.6 Å². The highest BCUT2D eigenvalue weighted by atomic mass is 19.1. The van der Waals surface area contributed by atoms with Crippen molar-refractivity contribution in [1.82, 2.24) is 15.0 Å². The van der Waals surface area contributed by atoms with Crippen molar-refractivity contribution in [3.63, 3.8) is 0 Å². The lowest BCUT2D eigenvalue weighted by molar-refractivity contribution is 0.0528. The maximum absolute atomic E-state index is 13.3. The number of hydrogen-bond acceptors (Lipinski definition) is 6. The second-order valence-corrected chi connectivity index (χ2v) is 8.29. The molecule has 3 heterocycles. The van der Waals surface area contributed by atoms with E-state index in [0.717, 1.165) is 36.3 Å². The number of likely N-dealkylation sites (tertiary alicyclic amines) is 1. The maximum Gasteiger partial charge on any atom is 0.293 e. The number of ether oxygens (including phenoxy) is 1. The molecule has 7 nitrogen and oxygen atoms in total. The normalized spacial score (nSPS) is 15.9. The summed E-state index contributed by atoms with van der Waals surface area (Å²) in [5, 5.41) is 4.00. The summed E-state index contributed by atoms with van der Waals surface area (Å²) in [4.78, 5) is 19.5. The van der Waals surface area contributed by atoms with Crippen LogP contribution in [0.5, 0.6) is 5.75 Å². The zero-order chi connectivity index (χ0) is 23.5. The third-order valence-electron chi connectivity index (χ3n) is 5.99. The van der Waals surface area contributed by atoms with E-state index in [0.29, 0.717) is 30.1 Å². The molecule has 1 aliphatic rings. The molecule has 5 rings (SSSR count). The number of halogens is 1. The molecule has 0 spiro atoms. The molecular weight excluding hydrogens is 437 g/mol. The lowest BCUT2D eigenvalue weighted by Crippen LogP contribution is -2.38. The van der Waals surface area contributed by atoms with Crippen LogP contribution < -0.4 is 4.74 Å². The van der Waals surface area contributed by atoms with Gasteiger partial charge in [-0.25, -0.2) is 9.37 Å². The molecule has 1 unspecified atom stereocenters. The molecule has 34 heavy (non-hydrogen) atoms. The number of carbonyl (C=O) groups is 1. The van der Waals surface area contributed by atoms with Gasteiger partial charge in [-0.3, -0.25) is 4.79 Å². The Hall–Kier alpha value is -3.94. The van der Waals surface area contributed by atoms with Crippen LogP contribution in [0.3, 0.4) is 0 Å². The standard InChI is InChI=1S/C26H24FN3O4/c1-32-20-6-4-5-17(13-20)14-21-16-28-25(33-21)23-7-2-3-12-30(23)26(31)24-15-22(29-34-24)18-8-10-19(27)11-9-18/h4-6,8-11,13,15-16,23H,2-3,7,12,14H2,1H3. The van der Waals surface area contributed by atoms with Gasteiger partial charge in [0.25, 0.3) is 5.91 Å². The van der Waals surface area contributed by atoms with Gasteiger partial charge in [0, 0.05) is 24.6 Å². The molecule has 8 heteroatoms. The fourth-order valence-corrected chi connectivity index (χ4v) is 4.25. The van der Waals surface area contributed by atoms with Crippen LogP contribution in [0.2, 0.25) is 0 Å². The summed E-state index contributed by atoms with van der Waals surface area (Å²) < 4.78 is 29.9. The zero-order valence-electron chi connectivity index (χ0n) is 18.7. The number of oxazole rings is 1. The van der Waals surface area contributed by atoms with Crippen LogP contribution in [-0.2, 0) is 6.42 Å². The van der Waals surface area contributed by atoms with Crippen molar-refractivity contribution < 1.29 is 22.9 Å². The van der Waals surface area contributed by atoms with Gasteiger partial charge in [0.1, 0.15) is 29.1 Å².